The van der Waals surface area contributed by atoms with E-state index in [9.17, 15) is 4.39 Å². The van der Waals surface area contributed by atoms with E-state index >= 15 is 0 Å². The van der Waals surface area contributed by atoms with Gasteiger partial charge in [0.25, 0.3) is 0 Å². The Hall–Kier alpha value is -1.63. The van der Waals surface area contributed by atoms with Crippen molar-refractivity contribution in [2.45, 2.75) is 0 Å². The van der Waals surface area contributed by atoms with Crippen LogP contribution in [-0.4, -0.2) is 4.98 Å². The van der Waals surface area contributed by atoms with Crippen molar-refractivity contribution in [2.24, 2.45) is 0 Å². The van der Waals surface area contributed by atoms with Crippen LogP contribution in [0.15, 0.2) is 12.1 Å². The van der Waals surface area contributed by atoms with Crippen molar-refractivity contribution in [3.8, 4) is 6.07 Å². The summed E-state index contributed by atoms with van der Waals surface area (Å²) in [5.41, 5.74) is 5.09. The van der Waals surface area contributed by atoms with E-state index in [0.717, 1.165) is 0 Å². The van der Waals surface area contributed by atoms with Crippen molar-refractivity contribution in [3.63, 3.8) is 0 Å². The third-order valence-electron chi connectivity index (χ3n) is 0.992. The number of pyridine rings is 1. The number of nitrogens with zero attached hydrogens (tertiary/aromatic N) is 2. The summed E-state index contributed by atoms with van der Waals surface area (Å²) < 4.78 is 12.4. The van der Waals surface area contributed by atoms with Gasteiger partial charge in [-0.05, 0) is 12.1 Å². The average molecular weight is 137 g/mol. The maximum Gasteiger partial charge on any atom is 0.237 e. The number of nitriles is 1. The van der Waals surface area contributed by atoms with Gasteiger partial charge in [0.15, 0.2) is 0 Å². The normalized spacial score (nSPS) is 8.80. The molecule has 2 N–H and O–H groups in total. The predicted octanol–water partition coefficient (Wildman–Crippen LogP) is 0.675. The highest BCUT2D eigenvalue weighted by molar-refractivity contribution is 5.38. The molecule has 4 heteroatoms. The lowest BCUT2D eigenvalue weighted by Crippen LogP contribution is -1.94. The van der Waals surface area contributed by atoms with Gasteiger partial charge in [-0.15, -0.1) is 0 Å². The lowest BCUT2D eigenvalue weighted by atomic mass is 10.3. The number of rotatable bonds is 0. The van der Waals surface area contributed by atoms with Crippen LogP contribution in [-0.2, 0) is 0 Å². The number of hydrogen-bond donors (Lipinski definition) is 1. The molecule has 0 amide bonds. The van der Waals surface area contributed by atoms with E-state index in [2.05, 4.69) is 4.98 Å². The lowest BCUT2D eigenvalue weighted by molar-refractivity contribution is 0.587. The van der Waals surface area contributed by atoms with Gasteiger partial charge in [-0.25, -0.2) is 4.98 Å². The fourth-order valence-electron chi connectivity index (χ4n) is 0.507. The molecule has 0 saturated heterocycles. The van der Waals surface area contributed by atoms with Gasteiger partial charge in [-0.1, -0.05) is 0 Å². The van der Waals surface area contributed by atoms with E-state index in [1.165, 1.54) is 12.1 Å². The quantitative estimate of drug-likeness (QED) is 0.534. The first-order valence-corrected chi connectivity index (χ1v) is 2.56. The minimum absolute atomic E-state index is 0.0340. The molecule has 0 saturated carbocycles. The molecule has 0 unspecified atom stereocenters. The summed E-state index contributed by atoms with van der Waals surface area (Å²) in [5, 5.41) is 8.23. The molecule has 0 aliphatic rings. The molecule has 1 rings (SSSR count). The van der Waals surface area contributed by atoms with Crippen molar-refractivity contribution >= 4 is 5.69 Å². The van der Waals surface area contributed by atoms with Crippen LogP contribution in [0.3, 0.4) is 0 Å². The molecule has 3 nitrogen and oxygen atoms in total. The summed E-state index contributed by atoms with van der Waals surface area (Å²) in [6.07, 6.45) is 0. The molecule has 0 radical (unpaired) electrons. The first-order chi connectivity index (χ1) is 4.74. The second-order valence-corrected chi connectivity index (χ2v) is 1.69. The molecule has 1 heterocycles. The van der Waals surface area contributed by atoms with Crippen molar-refractivity contribution in [1.29, 1.82) is 5.26 Å². The van der Waals surface area contributed by atoms with Crippen LogP contribution in [0.4, 0.5) is 10.1 Å². The Morgan fingerprint density at radius 2 is 2.30 bits per heavy atom. The largest absolute Gasteiger partial charge is 0.395 e. The molecule has 0 aliphatic carbocycles. The minimum Gasteiger partial charge on any atom is -0.395 e. The van der Waals surface area contributed by atoms with Gasteiger partial charge in [0, 0.05) is 0 Å². The van der Waals surface area contributed by atoms with Crippen LogP contribution in [0.25, 0.3) is 0 Å². The van der Waals surface area contributed by atoms with Crippen LogP contribution in [0.1, 0.15) is 5.69 Å². The van der Waals surface area contributed by atoms with Crippen LogP contribution in [0.5, 0.6) is 0 Å². The van der Waals surface area contributed by atoms with Crippen molar-refractivity contribution in [2.75, 3.05) is 5.73 Å². The first-order valence-electron chi connectivity index (χ1n) is 2.56. The predicted molar refractivity (Wildman–Crippen MR) is 33.3 cm³/mol. The molecular weight excluding hydrogens is 133 g/mol. The molecule has 1 aromatic rings. The third-order valence-corrected chi connectivity index (χ3v) is 0.992. The van der Waals surface area contributed by atoms with E-state index < -0.39 is 5.95 Å². The number of aromatic nitrogens is 1. The maximum atomic E-state index is 12.4. The van der Waals surface area contributed by atoms with E-state index in [-0.39, 0.29) is 11.4 Å². The lowest BCUT2D eigenvalue weighted by Gasteiger charge is -1.92. The highest BCUT2D eigenvalue weighted by Gasteiger charge is 1.98. The van der Waals surface area contributed by atoms with Crippen LogP contribution in [0, 0.1) is 17.3 Å². The SMILES string of the molecule is N#Cc1ccc(N)c(F)n1. The van der Waals surface area contributed by atoms with Crippen LogP contribution < -0.4 is 5.73 Å². The van der Waals surface area contributed by atoms with E-state index in [1.807, 2.05) is 0 Å². The molecule has 1 aromatic heterocycles. The van der Waals surface area contributed by atoms with Gasteiger partial charge in [0.2, 0.25) is 5.95 Å². The molecule has 0 spiro atoms. The Balaban J connectivity index is 3.20. The molecule has 0 atom stereocenters. The Kier molecular flexibility index (Phi) is 1.50. The van der Waals surface area contributed by atoms with Crippen LogP contribution in [0.2, 0.25) is 0 Å². The van der Waals surface area contributed by atoms with E-state index in [4.69, 9.17) is 11.0 Å². The molecule has 0 aliphatic heterocycles. The Morgan fingerprint density at radius 3 is 2.80 bits per heavy atom. The molecule has 10 heavy (non-hydrogen) atoms. The van der Waals surface area contributed by atoms with Gasteiger partial charge >= 0.3 is 0 Å². The highest BCUT2D eigenvalue weighted by atomic mass is 19.1. The van der Waals surface area contributed by atoms with Crippen molar-refractivity contribution < 1.29 is 4.39 Å². The number of halogens is 1. The van der Waals surface area contributed by atoms with Gasteiger partial charge in [0.1, 0.15) is 11.8 Å². The summed E-state index contributed by atoms with van der Waals surface area (Å²) in [5.74, 6) is -0.793. The molecule has 0 bridgehead atoms. The maximum absolute atomic E-state index is 12.4. The third kappa shape index (κ3) is 1.03. The van der Waals surface area contributed by atoms with Gasteiger partial charge in [-0.3, -0.25) is 0 Å². The second kappa shape index (κ2) is 2.31. The Bertz CT molecular complexity index is 290. The smallest absolute Gasteiger partial charge is 0.237 e. The number of nitrogen functional groups attached to an aromatic ring is 1. The summed E-state index contributed by atoms with van der Waals surface area (Å²) in [6, 6.07) is 4.35. The summed E-state index contributed by atoms with van der Waals surface area (Å²) in [6.45, 7) is 0. The zero-order valence-corrected chi connectivity index (χ0v) is 5.00. The minimum atomic E-state index is -0.793. The fraction of sp³-hybridized carbons (Fsp3) is 0. The number of nitrogens with two attached hydrogens (primary N) is 1. The second-order valence-electron chi connectivity index (χ2n) is 1.69. The number of hydrogen-bond acceptors (Lipinski definition) is 3. The molecular formula is C6H4FN3. The summed E-state index contributed by atoms with van der Waals surface area (Å²) in [4.78, 5) is 3.24. The standard InChI is InChI=1S/C6H4FN3/c7-6-5(9)2-1-4(3-8)10-6/h1-2H,9H2. The van der Waals surface area contributed by atoms with E-state index in [0.29, 0.717) is 0 Å². The van der Waals surface area contributed by atoms with E-state index in [1.54, 1.807) is 6.07 Å². The summed E-state index contributed by atoms with van der Waals surface area (Å²) in [7, 11) is 0. The monoisotopic (exact) mass is 137 g/mol. The van der Waals surface area contributed by atoms with Gasteiger partial charge < -0.3 is 5.73 Å². The average Bonchev–Trinajstić information content (AvgIpc) is 1.95. The topological polar surface area (TPSA) is 62.7 Å². The molecule has 0 aromatic carbocycles. The molecule has 50 valence electrons. The molecule has 0 fully saturated rings. The van der Waals surface area contributed by atoms with Crippen molar-refractivity contribution in [3.05, 3.63) is 23.8 Å². The zero-order chi connectivity index (χ0) is 7.56. The fourth-order valence-corrected chi connectivity index (χ4v) is 0.507. The first kappa shape index (κ1) is 6.49. The summed E-state index contributed by atoms with van der Waals surface area (Å²) >= 11 is 0. The van der Waals surface area contributed by atoms with Gasteiger partial charge in [-0.2, -0.15) is 9.65 Å². The Morgan fingerprint density at radius 1 is 1.60 bits per heavy atom. The van der Waals surface area contributed by atoms with Gasteiger partial charge in [0.05, 0.1) is 5.69 Å². The number of anilines is 1. The highest BCUT2D eigenvalue weighted by Crippen LogP contribution is 2.05. The van der Waals surface area contributed by atoms with Crippen molar-refractivity contribution in [1.82, 2.24) is 4.98 Å². The zero-order valence-electron chi connectivity index (χ0n) is 5.00. The van der Waals surface area contributed by atoms with Crippen LogP contribution >= 0.6 is 0 Å². The Labute approximate surface area is 56.9 Å².